The molecular weight excluding hydrogens is 270 g/mol. The first kappa shape index (κ1) is 13.2. The van der Waals surface area contributed by atoms with Crippen molar-refractivity contribution in [2.45, 2.75) is 19.9 Å². The molecule has 3 aromatic rings. The van der Waals surface area contributed by atoms with Crippen molar-refractivity contribution in [2.24, 2.45) is 5.73 Å². The molecule has 2 aromatic carbocycles. The van der Waals surface area contributed by atoms with Gasteiger partial charge in [-0.3, -0.25) is 0 Å². The summed E-state index contributed by atoms with van der Waals surface area (Å²) in [5, 5.41) is 1.81. The highest BCUT2D eigenvalue weighted by atomic mass is 35.5. The molecule has 0 aliphatic heterocycles. The second-order valence-electron chi connectivity index (χ2n) is 5.17. The Morgan fingerprint density at radius 3 is 2.60 bits per heavy atom. The molecule has 3 rings (SSSR count). The first-order valence-corrected chi connectivity index (χ1v) is 6.94. The number of halogens is 1. The highest BCUT2D eigenvalue weighted by Gasteiger charge is 2.16. The van der Waals surface area contributed by atoms with Crippen molar-refractivity contribution in [3.8, 4) is 0 Å². The van der Waals surface area contributed by atoms with E-state index in [4.69, 9.17) is 21.8 Å². The quantitative estimate of drug-likeness (QED) is 0.738. The van der Waals surface area contributed by atoms with Crippen molar-refractivity contribution in [3.63, 3.8) is 0 Å². The summed E-state index contributed by atoms with van der Waals surface area (Å²) in [5.41, 5.74) is 10.5. The predicted octanol–water partition coefficient (Wildman–Crippen LogP) is 4.75. The van der Waals surface area contributed by atoms with Gasteiger partial charge in [0.05, 0.1) is 6.04 Å². The van der Waals surface area contributed by atoms with E-state index in [1.54, 1.807) is 0 Å². The average molecular weight is 286 g/mol. The topological polar surface area (TPSA) is 39.2 Å². The van der Waals surface area contributed by atoms with Crippen molar-refractivity contribution >= 4 is 22.6 Å². The molecule has 0 amide bonds. The van der Waals surface area contributed by atoms with Gasteiger partial charge in [-0.15, -0.1) is 0 Å². The molecule has 1 atom stereocenters. The summed E-state index contributed by atoms with van der Waals surface area (Å²) in [4.78, 5) is 0. The zero-order chi connectivity index (χ0) is 14.3. The molecule has 1 heterocycles. The van der Waals surface area contributed by atoms with E-state index >= 15 is 0 Å². The number of hydrogen-bond donors (Lipinski definition) is 1. The van der Waals surface area contributed by atoms with E-state index < -0.39 is 0 Å². The third-order valence-electron chi connectivity index (χ3n) is 3.56. The van der Waals surface area contributed by atoms with Crippen LogP contribution in [0.1, 0.15) is 28.5 Å². The Morgan fingerprint density at radius 1 is 1.05 bits per heavy atom. The van der Waals surface area contributed by atoms with Crippen molar-refractivity contribution in [2.75, 3.05) is 0 Å². The number of hydrogen-bond acceptors (Lipinski definition) is 2. The number of benzene rings is 2. The van der Waals surface area contributed by atoms with Gasteiger partial charge in [0.1, 0.15) is 11.3 Å². The van der Waals surface area contributed by atoms with Crippen molar-refractivity contribution in [1.29, 1.82) is 0 Å². The lowest BCUT2D eigenvalue weighted by Gasteiger charge is -2.12. The monoisotopic (exact) mass is 285 g/mol. The van der Waals surface area contributed by atoms with Crippen LogP contribution in [0, 0.1) is 13.8 Å². The molecule has 3 heteroatoms. The molecule has 0 fully saturated rings. The van der Waals surface area contributed by atoms with Gasteiger partial charge < -0.3 is 10.2 Å². The lowest BCUT2D eigenvalue weighted by Crippen LogP contribution is -2.12. The molecule has 2 nitrogen and oxygen atoms in total. The van der Waals surface area contributed by atoms with Crippen LogP contribution in [-0.4, -0.2) is 0 Å². The molecule has 20 heavy (non-hydrogen) atoms. The van der Waals surface area contributed by atoms with Crippen molar-refractivity contribution in [1.82, 2.24) is 0 Å². The Balaban J connectivity index is 2.05. The number of rotatable bonds is 2. The maximum atomic E-state index is 6.33. The molecule has 0 bridgehead atoms. The summed E-state index contributed by atoms with van der Waals surface area (Å²) >= 11 is 5.99. The third kappa shape index (κ3) is 2.33. The SMILES string of the molecule is Cc1ccc2oc(C(N)c3ccc(Cl)cc3C)cc2c1. The van der Waals surface area contributed by atoms with Gasteiger partial charge >= 0.3 is 0 Å². The first-order valence-electron chi connectivity index (χ1n) is 6.56. The van der Waals surface area contributed by atoms with Gasteiger partial charge in [0, 0.05) is 10.4 Å². The molecular formula is C17H16ClNO. The Labute approximate surface area is 123 Å². The Hall–Kier alpha value is -1.77. The second kappa shape index (κ2) is 4.97. The number of aryl methyl sites for hydroxylation is 2. The highest BCUT2D eigenvalue weighted by Crippen LogP contribution is 2.29. The number of furan rings is 1. The zero-order valence-electron chi connectivity index (χ0n) is 11.5. The second-order valence-corrected chi connectivity index (χ2v) is 5.61. The molecule has 1 aromatic heterocycles. The molecule has 0 saturated heterocycles. The van der Waals surface area contributed by atoms with Crippen molar-refractivity contribution < 1.29 is 4.42 Å². The van der Waals surface area contributed by atoms with Crippen LogP contribution < -0.4 is 5.73 Å². The number of nitrogens with two attached hydrogens (primary N) is 1. The van der Waals surface area contributed by atoms with Crippen LogP contribution in [-0.2, 0) is 0 Å². The van der Waals surface area contributed by atoms with Crippen molar-refractivity contribution in [3.05, 3.63) is 69.9 Å². The largest absolute Gasteiger partial charge is 0.459 e. The normalized spacial score (nSPS) is 12.8. The highest BCUT2D eigenvalue weighted by molar-refractivity contribution is 6.30. The van der Waals surface area contributed by atoms with Gasteiger partial charge in [-0.25, -0.2) is 0 Å². The summed E-state index contributed by atoms with van der Waals surface area (Å²) in [7, 11) is 0. The Morgan fingerprint density at radius 2 is 1.85 bits per heavy atom. The summed E-state index contributed by atoms with van der Waals surface area (Å²) < 4.78 is 5.87. The lowest BCUT2D eigenvalue weighted by molar-refractivity contribution is 0.524. The lowest BCUT2D eigenvalue weighted by atomic mass is 10.00. The summed E-state index contributed by atoms with van der Waals surface area (Å²) in [5.74, 6) is 0.774. The van der Waals surface area contributed by atoms with Gasteiger partial charge in [-0.05, 0) is 55.3 Å². The number of fused-ring (bicyclic) bond motifs is 1. The fourth-order valence-corrected chi connectivity index (χ4v) is 2.70. The van der Waals surface area contributed by atoms with Crippen LogP contribution in [0.3, 0.4) is 0 Å². The van der Waals surface area contributed by atoms with E-state index in [0.717, 1.165) is 32.9 Å². The van der Waals surface area contributed by atoms with Crippen LogP contribution in [0.5, 0.6) is 0 Å². The van der Waals surface area contributed by atoms with E-state index in [2.05, 4.69) is 13.0 Å². The molecule has 0 spiro atoms. The minimum Gasteiger partial charge on any atom is -0.459 e. The predicted molar refractivity (Wildman–Crippen MR) is 83.2 cm³/mol. The third-order valence-corrected chi connectivity index (χ3v) is 3.80. The van der Waals surface area contributed by atoms with Gasteiger partial charge in [0.2, 0.25) is 0 Å². The standard InChI is InChI=1S/C17H16ClNO/c1-10-3-6-15-12(7-10)9-16(20-15)17(19)14-5-4-13(18)8-11(14)2/h3-9,17H,19H2,1-2H3. The van der Waals surface area contributed by atoms with E-state index in [1.807, 2.05) is 43.3 Å². The molecule has 0 saturated carbocycles. The fraction of sp³-hybridized carbons (Fsp3) is 0.176. The van der Waals surface area contributed by atoms with Gasteiger partial charge in [0.15, 0.2) is 0 Å². The zero-order valence-corrected chi connectivity index (χ0v) is 12.2. The van der Waals surface area contributed by atoms with E-state index in [-0.39, 0.29) is 6.04 Å². The summed E-state index contributed by atoms with van der Waals surface area (Å²) in [6.07, 6.45) is 0. The summed E-state index contributed by atoms with van der Waals surface area (Å²) in [6.45, 7) is 4.07. The van der Waals surface area contributed by atoms with Gasteiger partial charge in [0.25, 0.3) is 0 Å². The van der Waals surface area contributed by atoms with Gasteiger partial charge in [-0.2, -0.15) is 0 Å². The van der Waals surface area contributed by atoms with E-state index in [9.17, 15) is 0 Å². The van der Waals surface area contributed by atoms with E-state index in [0.29, 0.717) is 0 Å². The minimum absolute atomic E-state index is 0.278. The van der Waals surface area contributed by atoms with Gasteiger partial charge in [-0.1, -0.05) is 29.3 Å². The Kier molecular flexibility index (Phi) is 3.28. The maximum Gasteiger partial charge on any atom is 0.134 e. The molecule has 102 valence electrons. The maximum absolute atomic E-state index is 6.33. The van der Waals surface area contributed by atoms with Crippen LogP contribution in [0.4, 0.5) is 0 Å². The van der Waals surface area contributed by atoms with Crippen LogP contribution in [0.25, 0.3) is 11.0 Å². The van der Waals surface area contributed by atoms with E-state index in [1.165, 1.54) is 5.56 Å². The van der Waals surface area contributed by atoms with Crippen LogP contribution in [0.15, 0.2) is 46.9 Å². The summed E-state index contributed by atoms with van der Waals surface area (Å²) in [6, 6.07) is 13.6. The minimum atomic E-state index is -0.278. The average Bonchev–Trinajstić information content (AvgIpc) is 2.81. The molecule has 1 unspecified atom stereocenters. The van der Waals surface area contributed by atoms with Crippen LogP contribution >= 0.6 is 11.6 Å². The molecule has 0 radical (unpaired) electrons. The van der Waals surface area contributed by atoms with Crippen LogP contribution in [0.2, 0.25) is 5.02 Å². The molecule has 0 aliphatic rings. The first-order chi connectivity index (χ1) is 9.54. The molecule has 2 N–H and O–H groups in total. The Bertz CT molecular complexity index is 776. The fourth-order valence-electron chi connectivity index (χ4n) is 2.48. The molecule has 0 aliphatic carbocycles. The smallest absolute Gasteiger partial charge is 0.134 e.